The summed E-state index contributed by atoms with van der Waals surface area (Å²) in [5, 5.41) is 0. The third kappa shape index (κ3) is 2.87. The lowest BCUT2D eigenvalue weighted by Gasteiger charge is -2.28. The standard InChI is InChI=1S/C18H24O4/c1-10(19)21-15-11(17(2,3)4)8-9-12-13(15)14(16(20)22-12)18(5,6)7/h8-9,14H,1-7H3. The second kappa shape index (κ2) is 5.11. The van der Waals surface area contributed by atoms with Crippen LogP contribution in [0.2, 0.25) is 0 Å². The van der Waals surface area contributed by atoms with E-state index in [0.717, 1.165) is 5.56 Å². The molecule has 1 unspecified atom stereocenters. The van der Waals surface area contributed by atoms with E-state index in [9.17, 15) is 9.59 Å². The molecule has 0 saturated heterocycles. The lowest BCUT2D eigenvalue weighted by Crippen LogP contribution is -2.25. The van der Waals surface area contributed by atoms with Gasteiger partial charge in [0.2, 0.25) is 0 Å². The Hall–Kier alpha value is -1.84. The van der Waals surface area contributed by atoms with Crippen molar-refractivity contribution in [2.24, 2.45) is 5.41 Å². The highest BCUT2D eigenvalue weighted by Gasteiger charge is 2.45. The maximum atomic E-state index is 12.3. The van der Waals surface area contributed by atoms with Gasteiger partial charge in [-0.25, -0.2) is 0 Å². The first-order chi connectivity index (χ1) is 9.93. The number of esters is 2. The summed E-state index contributed by atoms with van der Waals surface area (Å²) in [7, 11) is 0. The van der Waals surface area contributed by atoms with E-state index in [1.807, 2.05) is 47.6 Å². The highest BCUT2D eigenvalue weighted by atomic mass is 16.6. The molecule has 0 radical (unpaired) electrons. The fourth-order valence-electron chi connectivity index (χ4n) is 2.86. The molecule has 0 aliphatic carbocycles. The average Bonchev–Trinajstić information content (AvgIpc) is 2.63. The van der Waals surface area contributed by atoms with Gasteiger partial charge in [0.25, 0.3) is 0 Å². The molecule has 1 aromatic carbocycles. The van der Waals surface area contributed by atoms with Crippen molar-refractivity contribution >= 4 is 11.9 Å². The Morgan fingerprint density at radius 3 is 2.18 bits per heavy atom. The van der Waals surface area contributed by atoms with Crippen molar-refractivity contribution in [1.29, 1.82) is 0 Å². The molecule has 4 nitrogen and oxygen atoms in total. The van der Waals surface area contributed by atoms with E-state index in [0.29, 0.717) is 17.1 Å². The quantitative estimate of drug-likeness (QED) is 0.582. The molecule has 0 N–H and O–H groups in total. The monoisotopic (exact) mass is 304 g/mol. The number of carbonyl (C=O) groups is 2. The molecule has 0 bridgehead atoms. The molecule has 2 rings (SSSR count). The zero-order chi connectivity index (χ0) is 16.9. The number of benzene rings is 1. The van der Waals surface area contributed by atoms with Gasteiger partial charge in [0.15, 0.2) is 0 Å². The van der Waals surface area contributed by atoms with Crippen molar-refractivity contribution in [3.8, 4) is 11.5 Å². The van der Waals surface area contributed by atoms with E-state index in [-0.39, 0.29) is 16.8 Å². The average molecular weight is 304 g/mol. The van der Waals surface area contributed by atoms with Crippen molar-refractivity contribution in [3.63, 3.8) is 0 Å². The molecule has 1 heterocycles. The predicted molar refractivity (Wildman–Crippen MR) is 84.3 cm³/mol. The summed E-state index contributed by atoms with van der Waals surface area (Å²) < 4.78 is 10.9. The molecular weight excluding hydrogens is 280 g/mol. The Labute approximate surface area is 131 Å². The second-order valence-corrected chi connectivity index (χ2v) is 7.92. The third-order valence-corrected chi connectivity index (χ3v) is 3.81. The molecule has 1 aromatic rings. The van der Waals surface area contributed by atoms with Crippen LogP contribution in [0.5, 0.6) is 11.5 Å². The number of hydrogen-bond donors (Lipinski definition) is 0. The van der Waals surface area contributed by atoms with Crippen LogP contribution in [0, 0.1) is 5.41 Å². The van der Waals surface area contributed by atoms with Crippen LogP contribution in [-0.4, -0.2) is 11.9 Å². The third-order valence-electron chi connectivity index (χ3n) is 3.81. The molecule has 0 spiro atoms. The highest BCUT2D eigenvalue weighted by molar-refractivity contribution is 5.89. The Morgan fingerprint density at radius 1 is 1.14 bits per heavy atom. The molecular formula is C18H24O4. The molecule has 4 heteroatoms. The van der Waals surface area contributed by atoms with Gasteiger partial charge in [-0.2, -0.15) is 0 Å². The second-order valence-electron chi connectivity index (χ2n) is 7.92. The normalized spacial score (nSPS) is 18.0. The zero-order valence-corrected chi connectivity index (χ0v) is 14.4. The topological polar surface area (TPSA) is 52.6 Å². The van der Waals surface area contributed by atoms with Crippen LogP contribution in [0.4, 0.5) is 0 Å². The largest absolute Gasteiger partial charge is 0.426 e. The molecule has 1 aliphatic rings. The van der Waals surface area contributed by atoms with Gasteiger partial charge in [-0.05, 0) is 16.9 Å². The molecule has 22 heavy (non-hydrogen) atoms. The van der Waals surface area contributed by atoms with Crippen LogP contribution in [-0.2, 0) is 15.0 Å². The van der Waals surface area contributed by atoms with Gasteiger partial charge in [0, 0.05) is 12.5 Å². The molecule has 1 atom stereocenters. The van der Waals surface area contributed by atoms with Crippen LogP contribution >= 0.6 is 0 Å². The number of fused-ring (bicyclic) bond motifs is 1. The van der Waals surface area contributed by atoms with Crippen molar-refractivity contribution in [2.75, 3.05) is 0 Å². The Balaban J connectivity index is 2.75. The van der Waals surface area contributed by atoms with Crippen LogP contribution in [0.25, 0.3) is 0 Å². The maximum absolute atomic E-state index is 12.3. The van der Waals surface area contributed by atoms with Crippen LogP contribution in [0.1, 0.15) is 65.5 Å². The summed E-state index contributed by atoms with van der Waals surface area (Å²) in [6, 6.07) is 3.67. The van der Waals surface area contributed by atoms with E-state index in [4.69, 9.17) is 9.47 Å². The molecule has 0 fully saturated rings. The van der Waals surface area contributed by atoms with Gasteiger partial charge in [0.1, 0.15) is 11.5 Å². The summed E-state index contributed by atoms with van der Waals surface area (Å²) in [6.45, 7) is 13.5. The van der Waals surface area contributed by atoms with E-state index >= 15 is 0 Å². The Bertz CT molecular complexity index is 630. The maximum Gasteiger partial charge on any atom is 0.319 e. The van der Waals surface area contributed by atoms with E-state index in [1.54, 1.807) is 6.07 Å². The number of rotatable bonds is 1. The van der Waals surface area contributed by atoms with Crippen molar-refractivity contribution in [3.05, 3.63) is 23.3 Å². The van der Waals surface area contributed by atoms with Gasteiger partial charge >= 0.3 is 11.9 Å². The fourth-order valence-corrected chi connectivity index (χ4v) is 2.86. The highest BCUT2D eigenvalue weighted by Crippen LogP contribution is 2.52. The Kier molecular flexibility index (Phi) is 3.84. The summed E-state index contributed by atoms with van der Waals surface area (Å²) in [4.78, 5) is 23.9. The van der Waals surface area contributed by atoms with Gasteiger partial charge in [0.05, 0.1) is 11.5 Å². The SMILES string of the molecule is CC(=O)Oc1c(C(C)(C)C)ccc2c1C(C(C)(C)C)C(=O)O2. The van der Waals surface area contributed by atoms with Crippen molar-refractivity contribution in [1.82, 2.24) is 0 Å². The minimum absolute atomic E-state index is 0.214. The van der Waals surface area contributed by atoms with Gasteiger partial charge in [-0.1, -0.05) is 47.6 Å². The van der Waals surface area contributed by atoms with Crippen LogP contribution in [0.3, 0.4) is 0 Å². The van der Waals surface area contributed by atoms with E-state index < -0.39 is 11.9 Å². The van der Waals surface area contributed by atoms with Gasteiger partial charge in [-0.15, -0.1) is 0 Å². The summed E-state index contributed by atoms with van der Waals surface area (Å²) in [5.74, 6) is -0.163. The van der Waals surface area contributed by atoms with Crippen molar-refractivity contribution < 1.29 is 19.1 Å². The molecule has 1 aliphatic heterocycles. The molecule has 0 saturated carbocycles. The molecule has 0 amide bonds. The lowest BCUT2D eigenvalue weighted by molar-refractivity contribution is -0.136. The zero-order valence-electron chi connectivity index (χ0n) is 14.4. The first-order valence-electron chi connectivity index (χ1n) is 7.50. The lowest BCUT2D eigenvalue weighted by atomic mass is 9.75. The first-order valence-corrected chi connectivity index (χ1v) is 7.50. The van der Waals surface area contributed by atoms with Crippen LogP contribution in [0.15, 0.2) is 12.1 Å². The smallest absolute Gasteiger partial charge is 0.319 e. The summed E-state index contributed by atoms with van der Waals surface area (Å²) >= 11 is 0. The van der Waals surface area contributed by atoms with Gasteiger partial charge < -0.3 is 9.47 Å². The molecule has 120 valence electrons. The summed E-state index contributed by atoms with van der Waals surface area (Å²) in [5.41, 5.74) is 1.05. The molecule has 0 aromatic heterocycles. The number of hydrogen-bond acceptors (Lipinski definition) is 4. The summed E-state index contributed by atoms with van der Waals surface area (Å²) in [6.07, 6.45) is 0. The van der Waals surface area contributed by atoms with E-state index in [1.165, 1.54) is 6.92 Å². The Morgan fingerprint density at radius 2 is 1.73 bits per heavy atom. The van der Waals surface area contributed by atoms with Crippen LogP contribution < -0.4 is 9.47 Å². The number of ether oxygens (including phenoxy) is 2. The predicted octanol–water partition coefficient (Wildman–Crippen LogP) is 3.96. The fraction of sp³-hybridized carbons (Fsp3) is 0.556. The minimum atomic E-state index is -0.445. The minimum Gasteiger partial charge on any atom is -0.426 e. The van der Waals surface area contributed by atoms with E-state index in [2.05, 4.69) is 0 Å². The first kappa shape index (κ1) is 16.5. The van der Waals surface area contributed by atoms with Gasteiger partial charge in [-0.3, -0.25) is 9.59 Å². The number of carbonyl (C=O) groups excluding carboxylic acids is 2. The van der Waals surface area contributed by atoms with Crippen molar-refractivity contribution in [2.45, 2.75) is 59.8 Å².